The van der Waals surface area contributed by atoms with E-state index in [-0.39, 0.29) is 24.5 Å². The molecule has 0 bridgehead atoms. The van der Waals surface area contributed by atoms with E-state index in [1.54, 1.807) is 4.90 Å². The average molecular weight is 294 g/mol. The Morgan fingerprint density at radius 3 is 2.67 bits per heavy atom. The molecule has 5 heteroatoms. The molecule has 114 valence electrons. The Morgan fingerprint density at radius 2 is 2.05 bits per heavy atom. The maximum absolute atomic E-state index is 13.8. The van der Waals surface area contributed by atoms with Gasteiger partial charge in [0.05, 0.1) is 6.04 Å². The van der Waals surface area contributed by atoms with Gasteiger partial charge in [0.25, 0.3) is 0 Å². The summed E-state index contributed by atoms with van der Waals surface area (Å²) in [4.78, 5) is 14.4. The second-order valence-corrected chi connectivity index (χ2v) is 5.94. The van der Waals surface area contributed by atoms with Crippen molar-refractivity contribution in [2.75, 3.05) is 6.54 Å². The summed E-state index contributed by atoms with van der Waals surface area (Å²) in [6.45, 7) is 1.09. The monoisotopic (exact) mass is 294 g/mol. The second kappa shape index (κ2) is 6.10. The van der Waals surface area contributed by atoms with Gasteiger partial charge < -0.3 is 10.2 Å². The smallest absolute Gasteiger partial charge is 0.240 e. The van der Waals surface area contributed by atoms with Gasteiger partial charge in [-0.1, -0.05) is 12.5 Å². The summed E-state index contributed by atoms with van der Waals surface area (Å²) in [5.41, 5.74) is 0.382. The number of hydrogen-bond donors (Lipinski definition) is 1. The van der Waals surface area contributed by atoms with Crippen LogP contribution in [0.15, 0.2) is 18.2 Å². The van der Waals surface area contributed by atoms with Gasteiger partial charge in [-0.3, -0.25) is 4.79 Å². The van der Waals surface area contributed by atoms with Gasteiger partial charge in [-0.2, -0.15) is 0 Å². The first-order valence-electron chi connectivity index (χ1n) is 7.63. The highest BCUT2D eigenvalue weighted by atomic mass is 19.1. The molecule has 21 heavy (non-hydrogen) atoms. The van der Waals surface area contributed by atoms with Crippen molar-refractivity contribution in [3.8, 4) is 0 Å². The van der Waals surface area contributed by atoms with Crippen LogP contribution in [0.25, 0.3) is 0 Å². The molecule has 1 aromatic carbocycles. The number of nitrogens with one attached hydrogen (secondary N) is 1. The van der Waals surface area contributed by atoms with Gasteiger partial charge in [-0.05, 0) is 38.3 Å². The van der Waals surface area contributed by atoms with Gasteiger partial charge >= 0.3 is 0 Å². The van der Waals surface area contributed by atoms with Crippen LogP contribution < -0.4 is 5.32 Å². The van der Waals surface area contributed by atoms with Crippen molar-refractivity contribution in [1.29, 1.82) is 0 Å². The molecule has 0 spiro atoms. The Kier molecular flexibility index (Phi) is 4.19. The fraction of sp³-hybridized carbons (Fsp3) is 0.562. The molecule has 0 radical (unpaired) electrons. The Labute approximate surface area is 123 Å². The lowest BCUT2D eigenvalue weighted by Gasteiger charge is -2.30. The SMILES string of the molecule is O=C([C@H]1CCCCN1)N(Cc1ccc(F)cc1F)C1CC1. The summed E-state index contributed by atoms with van der Waals surface area (Å²) in [6, 6.07) is 3.62. The van der Waals surface area contributed by atoms with E-state index >= 15 is 0 Å². The van der Waals surface area contributed by atoms with Gasteiger partial charge in [-0.25, -0.2) is 8.78 Å². The van der Waals surface area contributed by atoms with Gasteiger partial charge in [0.1, 0.15) is 11.6 Å². The standard InChI is InChI=1S/C16H20F2N2O/c17-12-5-4-11(14(18)9-12)10-20(13-6-7-13)16(21)15-3-1-2-8-19-15/h4-5,9,13,15,19H,1-3,6-8,10H2/t15-/m1/s1. The molecular weight excluding hydrogens is 274 g/mol. The number of piperidine rings is 1. The molecule has 0 aromatic heterocycles. The zero-order valence-electron chi connectivity index (χ0n) is 11.9. The highest BCUT2D eigenvalue weighted by Crippen LogP contribution is 2.30. The first-order valence-corrected chi connectivity index (χ1v) is 7.63. The predicted molar refractivity (Wildman–Crippen MR) is 75.6 cm³/mol. The number of carbonyl (C=O) groups is 1. The first kappa shape index (κ1) is 14.4. The number of amides is 1. The molecule has 3 nitrogen and oxygen atoms in total. The number of hydrogen-bond acceptors (Lipinski definition) is 2. The van der Waals surface area contributed by atoms with Crippen LogP contribution in [0.4, 0.5) is 8.78 Å². The van der Waals surface area contributed by atoms with E-state index in [4.69, 9.17) is 0 Å². The Bertz CT molecular complexity index is 525. The molecule has 1 atom stereocenters. The van der Waals surface area contributed by atoms with Crippen LogP contribution in [-0.2, 0) is 11.3 Å². The molecule has 2 aliphatic rings. The fourth-order valence-electron chi connectivity index (χ4n) is 2.87. The molecule has 1 amide bonds. The zero-order chi connectivity index (χ0) is 14.8. The minimum Gasteiger partial charge on any atom is -0.334 e. The largest absolute Gasteiger partial charge is 0.334 e. The van der Waals surface area contributed by atoms with Crippen LogP contribution in [0.2, 0.25) is 0 Å². The first-order chi connectivity index (χ1) is 10.1. The van der Waals surface area contributed by atoms with Crippen molar-refractivity contribution in [2.24, 2.45) is 0 Å². The lowest BCUT2D eigenvalue weighted by Crippen LogP contribution is -2.49. The third-order valence-electron chi connectivity index (χ3n) is 4.23. The topological polar surface area (TPSA) is 32.3 Å². The number of rotatable bonds is 4. The van der Waals surface area contributed by atoms with Crippen LogP contribution in [0.5, 0.6) is 0 Å². The summed E-state index contributed by atoms with van der Waals surface area (Å²) in [6.07, 6.45) is 4.93. The highest BCUT2D eigenvalue weighted by molar-refractivity contribution is 5.82. The molecule has 2 fully saturated rings. The fourth-order valence-corrected chi connectivity index (χ4v) is 2.87. The maximum atomic E-state index is 13.8. The van der Waals surface area contributed by atoms with E-state index in [0.717, 1.165) is 44.7 Å². The third kappa shape index (κ3) is 3.40. The number of carbonyl (C=O) groups excluding carboxylic acids is 1. The van der Waals surface area contributed by atoms with Gasteiger partial charge in [0.2, 0.25) is 5.91 Å². The predicted octanol–water partition coefficient (Wildman–Crippen LogP) is 2.60. The van der Waals surface area contributed by atoms with Crippen LogP contribution in [0, 0.1) is 11.6 Å². The summed E-state index contributed by atoms with van der Waals surface area (Å²) in [5, 5.41) is 3.25. The zero-order valence-corrected chi connectivity index (χ0v) is 11.9. The van der Waals surface area contributed by atoms with Crippen molar-refractivity contribution in [3.63, 3.8) is 0 Å². The summed E-state index contributed by atoms with van der Waals surface area (Å²) in [7, 11) is 0. The minimum absolute atomic E-state index is 0.0564. The van der Waals surface area contributed by atoms with Gasteiger partial charge in [0.15, 0.2) is 0 Å². The summed E-state index contributed by atoms with van der Waals surface area (Å²) >= 11 is 0. The molecule has 1 aromatic rings. The van der Waals surface area contributed by atoms with E-state index in [0.29, 0.717) is 5.56 Å². The van der Waals surface area contributed by atoms with Crippen LogP contribution >= 0.6 is 0 Å². The van der Waals surface area contributed by atoms with Crippen molar-refractivity contribution in [2.45, 2.75) is 50.7 Å². The summed E-state index contributed by atoms with van der Waals surface area (Å²) in [5.74, 6) is -1.11. The third-order valence-corrected chi connectivity index (χ3v) is 4.23. The average Bonchev–Trinajstić information content (AvgIpc) is 3.31. The second-order valence-electron chi connectivity index (χ2n) is 5.94. The molecule has 1 saturated carbocycles. The van der Waals surface area contributed by atoms with E-state index in [1.165, 1.54) is 12.1 Å². The normalized spacial score (nSPS) is 22.1. The number of nitrogens with zero attached hydrogens (tertiary/aromatic N) is 1. The van der Waals surface area contributed by atoms with Crippen LogP contribution in [0.1, 0.15) is 37.7 Å². The molecule has 1 heterocycles. The van der Waals surface area contributed by atoms with E-state index in [2.05, 4.69) is 5.32 Å². The number of halogens is 2. The van der Waals surface area contributed by atoms with Gasteiger partial charge in [-0.15, -0.1) is 0 Å². The molecule has 1 saturated heterocycles. The van der Waals surface area contributed by atoms with Crippen molar-refractivity contribution >= 4 is 5.91 Å². The van der Waals surface area contributed by atoms with Crippen molar-refractivity contribution in [1.82, 2.24) is 10.2 Å². The molecule has 1 N–H and O–H groups in total. The molecular formula is C16H20F2N2O. The number of benzene rings is 1. The lowest BCUT2D eigenvalue weighted by atomic mass is 10.0. The Morgan fingerprint density at radius 1 is 1.24 bits per heavy atom. The van der Waals surface area contributed by atoms with E-state index in [1.807, 2.05) is 0 Å². The summed E-state index contributed by atoms with van der Waals surface area (Å²) < 4.78 is 26.8. The molecule has 1 aliphatic heterocycles. The van der Waals surface area contributed by atoms with Gasteiger partial charge in [0, 0.05) is 24.2 Å². The molecule has 3 rings (SSSR count). The molecule has 1 aliphatic carbocycles. The minimum atomic E-state index is -0.588. The van der Waals surface area contributed by atoms with E-state index < -0.39 is 11.6 Å². The Balaban J connectivity index is 1.73. The van der Waals surface area contributed by atoms with Crippen molar-refractivity contribution in [3.05, 3.63) is 35.4 Å². The van der Waals surface area contributed by atoms with Crippen molar-refractivity contribution < 1.29 is 13.6 Å². The highest BCUT2D eigenvalue weighted by Gasteiger charge is 2.36. The van der Waals surface area contributed by atoms with Crippen LogP contribution in [0.3, 0.4) is 0 Å². The molecule has 0 unspecified atom stereocenters. The van der Waals surface area contributed by atoms with Crippen LogP contribution in [-0.4, -0.2) is 29.4 Å². The quantitative estimate of drug-likeness (QED) is 0.926. The maximum Gasteiger partial charge on any atom is 0.240 e. The lowest BCUT2D eigenvalue weighted by molar-refractivity contribution is -0.135. The Hall–Kier alpha value is -1.49. The van der Waals surface area contributed by atoms with E-state index in [9.17, 15) is 13.6 Å².